The van der Waals surface area contributed by atoms with Crippen molar-refractivity contribution in [2.45, 2.75) is 18.9 Å². The molecule has 1 saturated heterocycles. The van der Waals surface area contributed by atoms with Gasteiger partial charge in [-0.15, -0.1) is 0 Å². The lowest BCUT2D eigenvalue weighted by Gasteiger charge is -2.11. The number of hydrogen-bond donors (Lipinski definition) is 1. The Labute approximate surface area is 164 Å². The summed E-state index contributed by atoms with van der Waals surface area (Å²) in [6.45, 7) is 1.26. The summed E-state index contributed by atoms with van der Waals surface area (Å²) in [7, 11) is 1.62. The third-order valence-electron chi connectivity index (χ3n) is 4.86. The van der Waals surface area contributed by atoms with Crippen molar-refractivity contribution in [2.75, 3.05) is 20.3 Å². The van der Waals surface area contributed by atoms with E-state index in [1.807, 2.05) is 54.6 Å². The smallest absolute Gasteiger partial charge is 0.255 e. The molecule has 0 spiro atoms. The van der Waals surface area contributed by atoms with E-state index in [1.165, 1.54) is 0 Å². The van der Waals surface area contributed by atoms with Gasteiger partial charge in [-0.2, -0.15) is 5.10 Å². The Hall–Kier alpha value is -3.12. The molecule has 2 aromatic carbocycles. The van der Waals surface area contributed by atoms with Crippen LogP contribution in [-0.4, -0.2) is 42.1 Å². The SMILES string of the molecule is COc1ccccc1-c1nn(-c2ccccc2)cc1C(=O)NC[C@H]1CCCO1. The minimum Gasteiger partial charge on any atom is -0.496 e. The monoisotopic (exact) mass is 377 g/mol. The largest absolute Gasteiger partial charge is 0.496 e. The molecule has 1 aliphatic heterocycles. The van der Waals surface area contributed by atoms with Gasteiger partial charge in [-0.05, 0) is 37.1 Å². The first-order chi connectivity index (χ1) is 13.8. The fraction of sp³-hybridized carbons (Fsp3) is 0.273. The van der Waals surface area contributed by atoms with Crippen LogP contribution in [0.25, 0.3) is 16.9 Å². The van der Waals surface area contributed by atoms with Crippen LogP contribution < -0.4 is 10.1 Å². The summed E-state index contributed by atoms with van der Waals surface area (Å²) < 4.78 is 12.8. The molecular weight excluding hydrogens is 354 g/mol. The van der Waals surface area contributed by atoms with Crippen molar-refractivity contribution in [1.82, 2.24) is 15.1 Å². The highest BCUT2D eigenvalue weighted by molar-refractivity contribution is 6.00. The summed E-state index contributed by atoms with van der Waals surface area (Å²) >= 11 is 0. The number of hydrogen-bond acceptors (Lipinski definition) is 4. The molecule has 1 aromatic heterocycles. The van der Waals surface area contributed by atoms with Gasteiger partial charge in [0.05, 0.1) is 24.5 Å². The maximum atomic E-state index is 13.0. The molecule has 0 aliphatic carbocycles. The zero-order valence-corrected chi connectivity index (χ0v) is 15.8. The third kappa shape index (κ3) is 3.77. The molecule has 1 N–H and O–H groups in total. The number of ether oxygens (including phenoxy) is 2. The molecule has 1 amide bonds. The fourth-order valence-electron chi connectivity index (χ4n) is 3.40. The maximum absolute atomic E-state index is 13.0. The molecule has 6 heteroatoms. The van der Waals surface area contributed by atoms with Crippen LogP contribution in [0.5, 0.6) is 5.75 Å². The van der Waals surface area contributed by atoms with Gasteiger partial charge in [0.2, 0.25) is 0 Å². The quantitative estimate of drug-likeness (QED) is 0.715. The van der Waals surface area contributed by atoms with E-state index < -0.39 is 0 Å². The second-order valence-corrected chi connectivity index (χ2v) is 6.72. The van der Waals surface area contributed by atoms with Gasteiger partial charge in [0, 0.05) is 24.9 Å². The van der Waals surface area contributed by atoms with E-state index in [9.17, 15) is 4.79 Å². The number of amides is 1. The molecule has 4 rings (SSSR count). The number of methoxy groups -OCH3 is 1. The fourth-order valence-corrected chi connectivity index (χ4v) is 3.40. The maximum Gasteiger partial charge on any atom is 0.255 e. The Bertz CT molecular complexity index is 947. The number of nitrogens with one attached hydrogen (secondary N) is 1. The molecule has 28 heavy (non-hydrogen) atoms. The number of carbonyl (C=O) groups excluding carboxylic acids is 1. The zero-order chi connectivity index (χ0) is 19.3. The van der Waals surface area contributed by atoms with Crippen molar-refractivity contribution in [3.8, 4) is 22.7 Å². The minimum absolute atomic E-state index is 0.0860. The van der Waals surface area contributed by atoms with Crippen molar-refractivity contribution in [3.05, 3.63) is 66.4 Å². The first-order valence-electron chi connectivity index (χ1n) is 9.44. The molecule has 0 radical (unpaired) electrons. The molecule has 2 heterocycles. The van der Waals surface area contributed by atoms with Crippen LogP contribution in [-0.2, 0) is 4.74 Å². The van der Waals surface area contributed by atoms with Crippen LogP contribution in [0.15, 0.2) is 60.8 Å². The zero-order valence-electron chi connectivity index (χ0n) is 15.8. The topological polar surface area (TPSA) is 65.4 Å². The van der Waals surface area contributed by atoms with Crippen molar-refractivity contribution in [2.24, 2.45) is 0 Å². The summed E-state index contributed by atoms with van der Waals surface area (Å²) in [4.78, 5) is 13.0. The molecule has 1 aliphatic rings. The number of carbonyl (C=O) groups is 1. The standard InChI is InChI=1S/C22H23N3O3/c1-27-20-12-6-5-11-18(20)21-19(22(26)23-14-17-10-7-13-28-17)15-25(24-21)16-8-3-2-4-9-16/h2-6,8-9,11-12,15,17H,7,10,13-14H2,1H3,(H,23,26)/t17-/m1/s1. The van der Waals surface area contributed by atoms with Gasteiger partial charge in [0.1, 0.15) is 11.4 Å². The molecule has 0 saturated carbocycles. The Morgan fingerprint density at radius 2 is 2.00 bits per heavy atom. The van der Waals surface area contributed by atoms with Gasteiger partial charge < -0.3 is 14.8 Å². The summed E-state index contributed by atoms with van der Waals surface area (Å²) in [6, 6.07) is 17.3. The van der Waals surface area contributed by atoms with Crippen molar-refractivity contribution in [3.63, 3.8) is 0 Å². The van der Waals surface area contributed by atoms with Crippen LogP contribution in [0.4, 0.5) is 0 Å². The second-order valence-electron chi connectivity index (χ2n) is 6.72. The van der Waals surface area contributed by atoms with Crippen LogP contribution >= 0.6 is 0 Å². The summed E-state index contributed by atoms with van der Waals surface area (Å²) in [5, 5.41) is 7.70. The Kier molecular flexibility index (Phi) is 5.39. The first-order valence-corrected chi connectivity index (χ1v) is 9.44. The average molecular weight is 377 g/mol. The van der Waals surface area contributed by atoms with E-state index in [0.717, 1.165) is 30.7 Å². The third-order valence-corrected chi connectivity index (χ3v) is 4.86. The van der Waals surface area contributed by atoms with E-state index >= 15 is 0 Å². The highest BCUT2D eigenvalue weighted by atomic mass is 16.5. The van der Waals surface area contributed by atoms with E-state index in [-0.39, 0.29) is 12.0 Å². The van der Waals surface area contributed by atoms with Crippen molar-refractivity contribution >= 4 is 5.91 Å². The lowest BCUT2D eigenvalue weighted by molar-refractivity contribution is 0.0858. The number of rotatable bonds is 6. The van der Waals surface area contributed by atoms with E-state index in [4.69, 9.17) is 14.6 Å². The van der Waals surface area contributed by atoms with Crippen LogP contribution in [0, 0.1) is 0 Å². The van der Waals surface area contributed by atoms with Crippen molar-refractivity contribution < 1.29 is 14.3 Å². The average Bonchev–Trinajstić information content (AvgIpc) is 3.43. The highest BCUT2D eigenvalue weighted by Crippen LogP contribution is 2.31. The van der Waals surface area contributed by atoms with E-state index in [2.05, 4.69) is 5.32 Å². The molecule has 1 atom stereocenters. The highest BCUT2D eigenvalue weighted by Gasteiger charge is 2.22. The lowest BCUT2D eigenvalue weighted by atomic mass is 10.1. The van der Waals surface area contributed by atoms with Crippen LogP contribution in [0.3, 0.4) is 0 Å². The van der Waals surface area contributed by atoms with Gasteiger partial charge in [-0.25, -0.2) is 4.68 Å². The Balaban J connectivity index is 1.70. The lowest BCUT2D eigenvalue weighted by Crippen LogP contribution is -2.31. The molecular formula is C22H23N3O3. The van der Waals surface area contributed by atoms with E-state index in [1.54, 1.807) is 18.0 Å². The van der Waals surface area contributed by atoms with Gasteiger partial charge in [0.25, 0.3) is 5.91 Å². The van der Waals surface area contributed by atoms with Gasteiger partial charge in [-0.3, -0.25) is 4.79 Å². The minimum atomic E-state index is -0.168. The normalized spacial score (nSPS) is 16.1. The molecule has 6 nitrogen and oxygen atoms in total. The molecule has 1 fully saturated rings. The summed E-state index contributed by atoms with van der Waals surface area (Å²) in [5.74, 6) is 0.507. The summed E-state index contributed by atoms with van der Waals surface area (Å²) in [5.41, 5.74) is 2.76. The predicted octanol–water partition coefficient (Wildman–Crippen LogP) is 3.46. The molecule has 144 valence electrons. The number of para-hydroxylation sites is 2. The Morgan fingerprint density at radius 1 is 1.21 bits per heavy atom. The van der Waals surface area contributed by atoms with Gasteiger partial charge in [-0.1, -0.05) is 30.3 Å². The predicted molar refractivity (Wildman–Crippen MR) is 107 cm³/mol. The van der Waals surface area contributed by atoms with Gasteiger partial charge >= 0.3 is 0 Å². The first kappa shape index (κ1) is 18.3. The van der Waals surface area contributed by atoms with Crippen LogP contribution in [0.1, 0.15) is 23.2 Å². The number of aromatic nitrogens is 2. The Morgan fingerprint density at radius 3 is 2.75 bits per heavy atom. The molecule has 0 bridgehead atoms. The second kappa shape index (κ2) is 8.27. The van der Waals surface area contributed by atoms with Gasteiger partial charge in [0.15, 0.2) is 0 Å². The molecule has 0 unspecified atom stereocenters. The van der Waals surface area contributed by atoms with Crippen LogP contribution in [0.2, 0.25) is 0 Å². The van der Waals surface area contributed by atoms with E-state index in [0.29, 0.717) is 23.6 Å². The number of nitrogens with zero attached hydrogens (tertiary/aromatic N) is 2. The van der Waals surface area contributed by atoms with Crippen molar-refractivity contribution in [1.29, 1.82) is 0 Å². The number of benzene rings is 2. The molecule has 3 aromatic rings. The summed E-state index contributed by atoms with van der Waals surface area (Å²) in [6.07, 6.45) is 3.87.